The molecule has 1 unspecified atom stereocenters. The van der Waals surface area contributed by atoms with E-state index >= 15 is 0 Å². The monoisotopic (exact) mass is 210 g/mol. The molecule has 1 saturated carbocycles. The van der Waals surface area contributed by atoms with Crippen LogP contribution in [0.3, 0.4) is 0 Å². The van der Waals surface area contributed by atoms with E-state index in [1.165, 1.54) is 6.92 Å². The summed E-state index contributed by atoms with van der Waals surface area (Å²) in [6.45, 7) is 3.89. The number of nitrogens with zero attached hydrogens (tertiary/aromatic N) is 1. The van der Waals surface area contributed by atoms with Gasteiger partial charge >= 0.3 is 0 Å². The summed E-state index contributed by atoms with van der Waals surface area (Å²) in [4.78, 5) is 24.6. The summed E-state index contributed by atoms with van der Waals surface area (Å²) in [6.07, 6.45) is 3.14. The molecule has 0 bridgehead atoms. The van der Waals surface area contributed by atoms with E-state index in [-0.39, 0.29) is 11.9 Å². The van der Waals surface area contributed by atoms with Gasteiger partial charge in [-0.3, -0.25) is 14.5 Å². The van der Waals surface area contributed by atoms with Crippen molar-refractivity contribution in [3.63, 3.8) is 0 Å². The van der Waals surface area contributed by atoms with Crippen LogP contribution >= 0.6 is 0 Å². The number of carbonyl (C=O) groups is 2. The molecule has 1 aliphatic carbocycles. The number of hydrogen-bond donors (Lipinski definition) is 1. The second-order valence-electron chi connectivity index (χ2n) is 4.66. The predicted molar refractivity (Wildman–Crippen MR) is 56.4 cm³/mol. The molecule has 4 heteroatoms. The van der Waals surface area contributed by atoms with Crippen LogP contribution in [0.25, 0.3) is 0 Å². The van der Waals surface area contributed by atoms with Crippen molar-refractivity contribution < 1.29 is 9.59 Å². The molecule has 15 heavy (non-hydrogen) atoms. The smallest absolute Gasteiger partial charge is 0.217 e. The first-order valence-electron chi connectivity index (χ1n) is 5.67. The molecule has 2 aliphatic rings. The minimum Gasteiger partial charge on any atom is -0.352 e. The van der Waals surface area contributed by atoms with Crippen molar-refractivity contribution in [2.45, 2.75) is 32.2 Å². The lowest BCUT2D eigenvalue weighted by Crippen LogP contribution is -2.37. The minimum absolute atomic E-state index is 0.0235. The lowest BCUT2D eigenvalue weighted by Gasteiger charge is -2.15. The molecular formula is C11H18N2O2. The molecule has 4 nitrogen and oxygen atoms in total. The Balaban J connectivity index is 1.72. The molecule has 1 N–H and O–H groups in total. The van der Waals surface area contributed by atoms with Gasteiger partial charge in [-0.15, -0.1) is 0 Å². The maximum atomic E-state index is 11.6. The van der Waals surface area contributed by atoms with Crippen LogP contribution in [0, 0.1) is 5.92 Å². The quantitative estimate of drug-likeness (QED) is 0.720. The minimum atomic E-state index is 0.0235. The second kappa shape index (κ2) is 4.31. The Hall–Kier alpha value is -0.900. The van der Waals surface area contributed by atoms with Crippen molar-refractivity contribution in [2.75, 3.05) is 19.6 Å². The summed E-state index contributed by atoms with van der Waals surface area (Å²) in [5.41, 5.74) is 0. The Morgan fingerprint density at radius 1 is 1.33 bits per heavy atom. The molecule has 0 radical (unpaired) electrons. The molecule has 0 spiro atoms. The van der Waals surface area contributed by atoms with Gasteiger partial charge in [-0.25, -0.2) is 0 Å². The summed E-state index contributed by atoms with van der Waals surface area (Å²) in [5.74, 6) is 0.763. The topological polar surface area (TPSA) is 49.4 Å². The van der Waals surface area contributed by atoms with E-state index in [4.69, 9.17) is 0 Å². The van der Waals surface area contributed by atoms with Crippen LogP contribution in [0.2, 0.25) is 0 Å². The molecule has 1 heterocycles. The molecule has 2 fully saturated rings. The third kappa shape index (κ3) is 3.02. The van der Waals surface area contributed by atoms with Gasteiger partial charge in [-0.1, -0.05) is 0 Å². The van der Waals surface area contributed by atoms with Gasteiger partial charge in [0.25, 0.3) is 0 Å². The average Bonchev–Trinajstić information content (AvgIpc) is 2.90. The van der Waals surface area contributed by atoms with Crippen LogP contribution in [0.1, 0.15) is 26.2 Å². The van der Waals surface area contributed by atoms with Gasteiger partial charge in [0.05, 0.1) is 6.54 Å². The molecule has 0 aromatic rings. The average molecular weight is 210 g/mol. The Labute approximate surface area is 90.0 Å². The molecule has 1 atom stereocenters. The number of nitrogens with one attached hydrogen (secondary N) is 1. The third-order valence-electron chi connectivity index (χ3n) is 3.09. The van der Waals surface area contributed by atoms with Crippen LogP contribution in [0.5, 0.6) is 0 Å². The lowest BCUT2D eigenvalue weighted by atomic mass is 10.2. The zero-order valence-electron chi connectivity index (χ0n) is 9.16. The first kappa shape index (κ1) is 10.6. The Morgan fingerprint density at radius 3 is 2.67 bits per heavy atom. The first-order chi connectivity index (χ1) is 7.15. The van der Waals surface area contributed by atoms with Crippen molar-refractivity contribution >= 4 is 11.7 Å². The summed E-state index contributed by atoms with van der Waals surface area (Å²) in [7, 11) is 0. The molecule has 1 aliphatic heterocycles. The number of carbonyl (C=O) groups excluding carboxylic acids is 2. The van der Waals surface area contributed by atoms with Crippen LogP contribution in [-0.2, 0) is 9.59 Å². The Bertz CT molecular complexity index is 274. The summed E-state index contributed by atoms with van der Waals surface area (Å²) >= 11 is 0. The number of amides is 1. The van der Waals surface area contributed by atoms with Gasteiger partial charge in [0.1, 0.15) is 5.78 Å². The lowest BCUT2D eigenvalue weighted by molar-refractivity contribution is -0.121. The van der Waals surface area contributed by atoms with Crippen LogP contribution in [0.4, 0.5) is 0 Å². The van der Waals surface area contributed by atoms with E-state index in [0.717, 1.165) is 32.4 Å². The number of likely N-dealkylation sites (tertiary alicyclic amines) is 1. The highest BCUT2D eigenvalue weighted by molar-refractivity contribution is 5.85. The molecular weight excluding hydrogens is 192 g/mol. The second-order valence-corrected chi connectivity index (χ2v) is 4.66. The largest absolute Gasteiger partial charge is 0.352 e. The van der Waals surface area contributed by atoms with Gasteiger partial charge < -0.3 is 5.32 Å². The fraction of sp³-hybridized carbons (Fsp3) is 0.818. The van der Waals surface area contributed by atoms with Crippen molar-refractivity contribution in [2.24, 2.45) is 5.92 Å². The van der Waals surface area contributed by atoms with Gasteiger partial charge in [0, 0.05) is 32.0 Å². The van der Waals surface area contributed by atoms with E-state index in [9.17, 15) is 9.59 Å². The first-order valence-corrected chi connectivity index (χ1v) is 5.67. The fourth-order valence-electron chi connectivity index (χ4n) is 2.14. The van der Waals surface area contributed by atoms with E-state index in [1.54, 1.807) is 0 Å². The number of rotatable bonds is 4. The predicted octanol–water partition coefficient (Wildman–Crippen LogP) is 0.176. The third-order valence-corrected chi connectivity index (χ3v) is 3.09. The Kier molecular flexibility index (Phi) is 3.05. The highest BCUT2D eigenvalue weighted by Crippen LogP contribution is 2.30. The van der Waals surface area contributed by atoms with Gasteiger partial charge in [0.2, 0.25) is 5.91 Å². The van der Waals surface area contributed by atoms with Crippen LogP contribution in [-0.4, -0.2) is 42.3 Å². The van der Waals surface area contributed by atoms with Gasteiger partial charge in [-0.2, -0.15) is 0 Å². The van der Waals surface area contributed by atoms with E-state index in [1.807, 2.05) is 0 Å². The number of Topliss-reactive ketones (excluding diaryl/α,β-unsaturated/α-hetero) is 1. The van der Waals surface area contributed by atoms with Crippen molar-refractivity contribution in [1.82, 2.24) is 10.2 Å². The van der Waals surface area contributed by atoms with Crippen molar-refractivity contribution in [1.29, 1.82) is 0 Å². The van der Waals surface area contributed by atoms with Crippen LogP contribution < -0.4 is 5.32 Å². The summed E-state index contributed by atoms with van der Waals surface area (Å²) in [5, 5.41) is 2.90. The molecule has 1 saturated heterocycles. The highest BCUT2D eigenvalue weighted by atomic mass is 16.1. The van der Waals surface area contributed by atoms with Crippen molar-refractivity contribution in [3.8, 4) is 0 Å². The molecule has 1 amide bonds. The highest BCUT2D eigenvalue weighted by Gasteiger charge is 2.32. The molecule has 84 valence electrons. The summed E-state index contributed by atoms with van der Waals surface area (Å²) in [6, 6.07) is 0.245. The fourth-order valence-corrected chi connectivity index (χ4v) is 2.14. The van der Waals surface area contributed by atoms with Gasteiger partial charge in [-0.05, 0) is 19.3 Å². The summed E-state index contributed by atoms with van der Waals surface area (Å²) < 4.78 is 0. The van der Waals surface area contributed by atoms with E-state index in [2.05, 4.69) is 10.2 Å². The zero-order valence-corrected chi connectivity index (χ0v) is 9.16. The Morgan fingerprint density at radius 2 is 2.07 bits per heavy atom. The van der Waals surface area contributed by atoms with E-state index in [0.29, 0.717) is 18.2 Å². The molecule has 0 aromatic heterocycles. The van der Waals surface area contributed by atoms with Crippen LogP contribution in [0.15, 0.2) is 0 Å². The maximum Gasteiger partial charge on any atom is 0.217 e. The zero-order chi connectivity index (χ0) is 10.8. The standard InChI is InChI=1S/C11H18N2O2/c1-8(14)12-10-4-5-13(6-10)7-11(15)9-2-3-9/h9-10H,2-7H2,1H3,(H,12,14). The van der Waals surface area contributed by atoms with Crippen molar-refractivity contribution in [3.05, 3.63) is 0 Å². The molecule has 0 aromatic carbocycles. The maximum absolute atomic E-state index is 11.6. The number of hydrogen-bond acceptors (Lipinski definition) is 3. The van der Waals surface area contributed by atoms with Gasteiger partial charge in [0.15, 0.2) is 0 Å². The number of ketones is 1. The van der Waals surface area contributed by atoms with E-state index < -0.39 is 0 Å². The molecule has 2 rings (SSSR count). The normalized spacial score (nSPS) is 26.6. The SMILES string of the molecule is CC(=O)NC1CCN(CC(=O)C2CC2)C1.